The second kappa shape index (κ2) is 10.1. The summed E-state index contributed by atoms with van der Waals surface area (Å²) in [5.74, 6) is 3.06. The van der Waals surface area contributed by atoms with Crippen molar-refractivity contribution in [2.24, 2.45) is 11.8 Å². The van der Waals surface area contributed by atoms with Gasteiger partial charge in [0.25, 0.3) is 0 Å². The van der Waals surface area contributed by atoms with Crippen molar-refractivity contribution in [2.75, 3.05) is 40.0 Å². The van der Waals surface area contributed by atoms with E-state index in [1.165, 1.54) is 0 Å². The molecule has 1 aromatic rings. The minimum atomic E-state index is 0.0277. The molecule has 0 spiro atoms. The Labute approximate surface area is 168 Å². The molecule has 1 aliphatic heterocycles. The van der Waals surface area contributed by atoms with Gasteiger partial charge in [-0.15, -0.1) is 0 Å². The van der Waals surface area contributed by atoms with Crippen molar-refractivity contribution < 1.29 is 19.0 Å². The van der Waals surface area contributed by atoms with E-state index in [1.807, 2.05) is 24.3 Å². The van der Waals surface area contributed by atoms with Crippen LogP contribution in [0.1, 0.15) is 33.1 Å². The van der Waals surface area contributed by atoms with Crippen molar-refractivity contribution in [2.45, 2.75) is 45.3 Å². The van der Waals surface area contributed by atoms with Gasteiger partial charge in [-0.2, -0.15) is 0 Å². The average Bonchev–Trinajstić information content (AvgIpc) is 3.07. The first-order valence-electron chi connectivity index (χ1n) is 10.5. The van der Waals surface area contributed by atoms with Crippen LogP contribution in [0, 0.1) is 11.8 Å². The van der Waals surface area contributed by atoms with Gasteiger partial charge in [0.1, 0.15) is 18.1 Å². The molecule has 4 atom stereocenters. The minimum absolute atomic E-state index is 0.0277. The molecule has 3 rings (SSSR count). The van der Waals surface area contributed by atoms with Gasteiger partial charge < -0.3 is 19.5 Å². The van der Waals surface area contributed by atoms with Gasteiger partial charge in [-0.25, -0.2) is 0 Å². The molecule has 0 unspecified atom stereocenters. The largest absolute Gasteiger partial charge is 0.494 e. The standard InChI is InChI=1S/C22H34N2O4/c1-4-10-27-19-5-7-20(8-6-19)28-11-9-24-14-17-12-21(23-16(2)25)22(26-3)13-18(17)15-24/h5-8,17-18,21-22H,4,9-15H2,1-3H3,(H,23,25)/t17-,18+,21-,22-/m1/s1. The number of fused-ring (bicyclic) bond motifs is 1. The number of hydrogen-bond donors (Lipinski definition) is 1. The van der Waals surface area contributed by atoms with Crippen LogP contribution in [0.5, 0.6) is 11.5 Å². The molecular weight excluding hydrogens is 356 g/mol. The molecule has 2 aliphatic rings. The molecule has 156 valence electrons. The Hall–Kier alpha value is -1.79. The highest BCUT2D eigenvalue weighted by molar-refractivity contribution is 5.73. The molecule has 1 amide bonds. The molecule has 2 fully saturated rings. The van der Waals surface area contributed by atoms with Gasteiger partial charge in [0.05, 0.1) is 18.8 Å². The van der Waals surface area contributed by atoms with Crippen molar-refractivity contribution >= 4 is 5.91 Å². The lowest BCUT2D eigenvalue weighted by Gasteiger charge is -2.37. The molecular formula is C22H34N2O4. The molecule has 1 aromatic carbocycles. The summed E-state index contributed by atoms with van der Waals surface area (Å²) in [5, 5.41) is 3.07. The van der Waals surface area contributed by atoms with Crippen molar-refractivity contribution in [3.8, 4) is 11.5 Å². The maximum Gasteiger partial charge on any atom is 0.217 e. The Bertz CT molecular complexity index is 621. The third-order valence-corrected chi connectivity index (χ3v) is 5.86. The van der Waals surface area contributed by atoms with Crippen LogP contribution in [0.3, 0.4) is 0 Å². The summed E-state index contributed by atoms with van der Waals surface area (Å²) in [4.78, 5) is 14.0. The van der Waals surface area contributed by atoms with Gasteiger partial charge in [-0.3, -0.25) is 9.69 Å². The molecule has 1 aliphatic carbocycles. The number of hydrogen-bond acceptors (Lipinski definition) is 5. The number of nitrogens with zero attached hydrogens (tertiary/aromatic N) is 1. The molecule has 0 bridgehead atoms. The first kappa shape index (κ1) is 20.9. The molecule has 1 heterocycles. The second-order valence-electron chi connectivity index (χ2n) is 8.00. The zero-order chi connectivity index (χ0) is 19.9. The summed E-state index contributed by atoms with van der Waals surface area (Å²) < 4.78 is 17.2. The van der Waals surface area contributed by atoms with E-state index >= 15 is 0 Å². The van der Waals surface area contributed by atoms with E-state index < -0.39 is 0 Å². The van der Waals surface area contributed by atoms with E-state index in [4.69, 9.17) is 14.2 Å². The number of amides is 1. The maximum absolute atomic E-state index is 11.5. The quantitative estimate of drug-likeness (QED) is 0.703. The average molecular weight is 391 g/mol. The number of benzene rings is 1. The predicted molar refractivity (Wildman–Crippen MR) is 109 cm³/mol. The van der Waals surface area contributed by atoms with Crippen molar-refractivity contribution in [1.82, 2.24) is 10.2 Å². The highest BCUT2D eigenvalue weighted by Crippen LogP contribution is 2.37. The topological polar surface area (TPSA) is 60.0 Å². The molecule has 6 heteroatoms. The number of carbonyl (C=O) groups excluding carboxylic acids is 1. The maximum atomic E-state index is 11.5. The summed E-state index contributed by atoms with van der Waals surface area (Å²) in [5.41, 5.74) is 0. The minimum Gasteiger partial charge on any atom is -0.494 e. The van der Waals surface area contributed by atoms with Crippen LogP contribution in [-0.2, 0) is 9.53 Å². The predicted octanol–water partition coefficient (Wildman–Crippen LogP) is 2.72. The van der Waals surface area contributed by atoms with E-state index in [2.05, 4.69) is 17.1 Å². The number of rotatable bonds is 9. The lowest BCUT2D eigenvalue weighted by molar-refractivity contribution is -0.121. The van der Waals surface area contributed by atoms with Crippen molar-refractivity contribution in [3.63, 3.8) is 0 Å². The first-order valence-corrected chi connectivity index (χ1v) is 10.5. The van der Waals surface area contributed by atoms with Crippen LogP contribution < -0.4 is 14.8 Å². The Morgan fingerprint density at radius 1 is 1.07 bits per heavy atom. The Balaban J connectivity index is 1.43. The third kappa shape index (κ3) is 5.61. The van der Waals surface area contributed by atoms with Crippen LogP contribution >= 0.6 is 0 Å². The summed E-state index contributed by atoms with van der Waals surface area (Å²) in [6.07, 6.45) is 3.14. The molecule has 1 N–H and O–H groups in total. The fourth-order valence-electron chi connectivity index (χ4n) is 4.51. The number of nitrogens with one attached hydrogen (secondary N) is 1. The zero-order valence-corrected chi connectivity index (χ0v) is 17.4. The van der Waals surface area contributed by atoms with Gasteiger partial charge in [-0.1, -0.05) is 6.92 Å². The van der Waals surface area contributed by atoms with Gasteiger partial charge in [0, 0.05) is 33.7 Å². The van der Waals surface area contributed by atoms with Gasteiger partial charge in [0.2, 0.25) is 5.91 Å². The molecule has 1 saturated carbocycles. The number of ether oxygens (including phenoxy) is 3. The Morgan fingerprint density at radius 3 is 2.25 bits per heavy atom. The highest BCUT2D eigenvalue weighted by Gasteiger charge is 2.42. The van der Waals surface area contributed by atoms with Crippen LogP contribution in [0.4, 0.5) is 0 Å². The molecule has 0 radical (unpaired) electrons. The number of carbonyl (C=O) groups is 1. The molecule has 0 aromatic heterocycles. The van der Waals surface area contributed by atoms with E-state index in [1.54, 1.807) is 14.0 Å². The van der Waals surface area contributed by atoms with E-state index in [9.17, 15) is 4.79 Å². The van der Waals surface area contributed by atoms with E-state index in [0.29, 0.717) is 18.4 Å². The highest BCUT2D eigenvalue weighted by atomic mass is 16.5. The third-order valence-electron chi connectivity index (χ3n) is 5.86. The molecule has 1 saturated heterocycles. The lowest BCUT2D eigenvalue weighted by Crippen LogP contribution is -2.49. The van der Waals surface area contributed by atoms with Gasteiger partial charge in [0.15, 0.2) is 0 Å². The van der Waals surface area contributed by atoms with Crippen LogP contribution in [0.2, 0.25) is 0 Å². The first-order chi connectivity index (χ1) is 13.6. The second-order valence-corrected chi connectivity index (χ2v) is 8.00. The summed E-state index contributed by atoms with van der Waals surface area (Å²) in [6, 6.07) is 7.99. The summed E-state index contributed by atoms with van der Waals surface area (Å²) >= 11 is 0. The fraction of sp³-hybridized carbons (Fsp3) is 0.682. The summed E-state index contributed by atoms with van der Waals surface area (Å²) in [7, 11) is 1.75. The smallest absolute Gasteiger partial charge is 0.217 e. The zero-order valence-electron chi connectivity index (χ0n) is 17.4. The lowest BCUT2D eigenvalue weighted by atomic mass is 9.77. The van der Waals surface area contributed by atoms with Crippen molar-refractivity contribution in [3.05, 3.63) is 24.3 Å². The van der Waals surface area contributed by atoms with E-state index in [-0.39, 0.29) is 18.1 Å². The van der Waals surface area contributed by atoms with Crippen LogP contribution in [-0.4, -0.2) is 62.9 Å². The van der Waals surface area contributed by atoms with Gasteiger partial charge >= 0.3 is 0 Å². The fourth-order valence-corrected chi connectivity index (χ4v) is 4.51. The van der Waals surface area contributed by atoms with Crippen molar-refractivity contribution in [1.29, 1.82) is 0 Å². The monoisotopic (exact) mass is 390 g/mol. The molecule has 28 heavy (non-hydrogen) atoms. The van der Waals surface area contributed by atoms with Crippen LogP contribution in [0.15, 0.2) is 24.3 Å². The van der Waals surface area contributed by atoms with Gasteiger partial charge in [-0.05, 0) is 55.4 Å². The Kier molecular flexibility index (Phi) is 7.57. The van der Waals surface area contributed by atoms with Crippen LogP contribution in [0.25, 0.3) is 0 Å². The van der Waals surface area contributed by atoms with E-state index in [0.717, 1.165) is 57.0 Å². The summed E-state index contributed by atoms with van der Waals surface area (Å²) in [6.45, 7) is 8.18. The molecule has 6 nitrogen and oxygen atoms in total. The number of likely N-dealkylation sites (tertiary alicyclic amines) is 1. The number of methoxy groups -OCH3 is 1. The Morgan fingerprint density at radius 2 is 1.68 bits per heavy atom. The SMILES string of the molecule is CCCOc1ccc(OCCN2C[C@H]3C[C@@H](NC(C)=O)[C@H](OC)C[C@H]3C2)cc1. The normalized spacial score (nSPS) is 27.2.